The Morgan fingerprint density at radius 2 is 1.97 bits per heavy atom. The zero-order valence-corrected chi connectivity index (χ0v) is 17.8. The predicted molar refractivity (Wildman–Crippen MR) is 109 cm³/mol. The molecule has 0 unspecified atom stereocenters. The molecule has 0 aliphatic carbocycles. The van der Waals surface area contributed by atoms with E-state index in [1.54, 1.807) is 0 Å². The molecule has 1 fully saturated rings. The fraction of sp³-hybridized carbons (Fsp3) is 0.500. The van der Waals surface area contributed by atoms with Crippen LogP contribution < -0.4 is 5.32 Å². The molecule has 0 aromatic heterocycles. The highest BCUT2D eigenvalue weighted by atomic mass is 32.2. The molecule has 6 atom stereocenters. The predicted octanol–water partition coefficient (Wildman–Crippen LogP) is -0.593. The van der Waals surface area contributed by atoms with E-state index in [1.807, 2.05) is 0 Å². The molecule has 1 aromatic rings. The summed E-state index contributed by atoms with van der Waals surface area (Å²) >= 11 is 0.873. The minimum absolute atomic E-state index is 0.0956. The third-order valence-electron chi connectivity index (χ3n) is 5.16. The summed E-state index contributed by atoms with van der Waals surface area (Å²) < 4.78 is 25.2. The zero-order valence-electron chi connectivity index (χ0n) is 17.0. The highest BCUT2D eigenvalue weighted by molar-refractivity contribution is 8.04. The molecule has 32 heavy (non-hydrogen) atoms. The average Bonchev–Trinajstić information content (AvgIpc) is 2.74. The maximum Gasteiger partial charge on any atom is 0.346 e. The lowest BCUT2D eigenvalue weighted by molar-refractivity contribution is -0.287. The molecule has 2 aliphatic heterocycles. The number of nitrogens with one attached hydrogen (secondary N) is 1. The molecule has 176 valence electrons. The number of benzene rings is 1. The molecule has 10 nitrogen and oxygen atoms in total. The number of aliphatic hydroxyl groups is 4. The van der Waals surface area contributed by atoms with Gasteiger partial charge in [-0.25, -0.2) is 9.18 Å². The Bertz CT molecular complexity index is 896. The SMILES string of the molecule is CC(=O)N[C@H]1[C@H]([C@H](O)[C@H](O)CO)O[C@]2(CSC(C(=O)O)=C(c3ccc(F)cc3)O2)C[C@@H]1O. The number of carbonyl (C=O) groups is 2. The highest BCUT2D eigenvalue weighted by Gasteiger charge is 2.54. The van der Waals surface area contributed by atoms with Gasteiger partial charge in [-0.3, -0.25) is 4.79 Å². The minimum atomic E-state index is -1.71. The van der Waals surface area contributed by atoms with Crippen LogP contribution in [0.3, 0.4) is 0 Å². The van der Waals surface area contributed by atoms with E-state index in [1.165, 1.54) is 19.1 Å². The Kier molecular flexibility index (Phi) is 7.43. The maximum absolute atomic E-state index is 13.4. The summed E-state index contributed by atoms with van der Waals surface area (Å²) in [5.41, 5.74) is 0.255. The van der Waals surface area contributed by atoms with Gasteiger partial charge in [0.2, 0.25) is 11.7 Å². The van der Waals surface area contributed by atoms with Gasteiger partial charge < -0.3 is 40.3 Å². The molecule has 1 aromatic carbocycles. The Morgan fingerprint density at radius 1 is 1.31 bits per heavy atom. The zero-order chi connectivity index (χ0) is 23.6. The van der Waals surface area contributed by atoms with E-state index in [9.17, 15) is 39.5 Å². The number of carbonyl (C=O) groups excluding carboxylic acids is 1. The van der Waals surface area contributed by atoms with Crippen LogP contribution in [0.2, 0.25) is 0 Å². The summed E-state index contributed by atoms with van der Waals surface area (Å²) in [4.78, 5) is 23.2. The fourth-order valence-corrected chi connectivity index (χ4v) is 4.70. The first-order valence-electron chi connectivity index (χ1n) is 9.72. The lowest BCUT2D eigenvalue weighted by Crippen LogP contribution is -2.67. The molecule has 1 spiro atoms. The molecular formula is C20H24FNO9S. The molecule has 1 saturated heterocycles. The van der Waals surface area contributed by atoms with Crippen molar-refractivity contribution in [3.8, 4) is 0 Å². The number of rotatable bonds is 6. The number of aliphatic carboxylic acids is 1. The molecule has 1 amide bonds. The van der Waals surface area contributed by atoms with E-state index in [0.717, 1.165) is 23.9 Å². The van der Waals surface area contributed by atoms with E-state index in [2.05, 4.69) is 5.32 Å². The largest absolute Gasteiger partial charge is 0.477 e. The van der Waals surface area contributed by atoms with Gasteiger partial charge in [-0.1, -0.05) is 0 Å². The number of hydrogen-bond donors (Lipinski definition) is 6. The standard InChI is InChI=1S/C20H24FNO9S/c1-9(24)22-14-12(25)6-20(31-17(14)15(27)13(26)7-23)8-32-18(19(28)29)16(30-20)10-2-4-11(21)5-3-10/h2-5,12-15,17,23,25-27H,6-8H2,1H3,(H,22,24)(H,28,29)/t12-,13+,14+,15+,17+,20-/m0/s1. The molecule has 6 N–H and O–H groups in total. The van der Waals surface area contributed by atoms with Crippen LogP contribution in [-0.4, -0.2) is 86.0 Å². The van der Waals surface area contributed by atoms with Crippen molar-refractivity contribution in [2.24, 2.45) is 0 Å². The van der Waals surface area contributed by atoms with Crippen molar-refractivity contribution >= 4 is 29.4 Å². The van der Waals surface area contributed by atoms with Crippen molar-refractivity contribution in [3.05, 3.63) is 40.6 Å². The van der Waals surface area contributed by atoms with Crippen LogP contribution >= 0.6 is 11.8 Å². The number of carboxylic acid groups (broad SMARTS) is 1. The smallest absolute Gasteiger partial charge is 0.346 e. The number of thioether (sulfide) groups is 1. The Labute approximate surface area is 186 Å². The van der Waals surface area contributed by atoms with Gasteiger partial charge in [0.1, 0.15) is 29.0 Å². The van der Waals surface area contributed by atoms with Gasteiger partial charge in [-0.15, -0.1) is 11.8 Å². The number of halogens is 1. The van der Waals surface area contributed by atoms with Crippen LogP contribution in [0.5, 0.6) is 0 Å². The van der Waals surface area contributed by atoms with E-state index < -0.39 is 60.5 Å². The van der Waals surface area contributed by atoms with Crippen LogP contribution in [0, 0.1) is 5.82 Å². The summed E-state index contributed by atoms with van der Waals surface area (Å²) in [6.45, 7) is 0.390. The van der Waals surface area contributed by atoms with Gasteiger partial charge in [0, 0.05) is 18.9 Å². The topological polar surface area (TPSA) is 166 Å². The van der Waals surface area contributed by atoms with Gasteiger partial charge in [0.05, 0.1) is 24.5 Å². The van der Waals surface area contributed by atoms with Crippen LogP contribution in [0.15, 0.2) is 29.2 Å². The van der Waals surface area contributed by atoms with Crippen LogP contribution in [0.25, 0.3) is 5.76 Å². The summed E-state index contributed by atoms with van der Waals surface area (Å²) in [6, 6.07) is 3.78. The van der Waals surface area contributed by atoms with E-state index in [4.69, 9.17) is 9.47 Å². The molecule has 0 saturated carbocycles. The molecule has 3 rings (SSSR count). The Hall–Kier alpha value is -2.22. The van der Waals surface area contributed by atoms with E-state index in [0.29, 0.717) is 0 Å². The number of hydrogen-bond acceptors (Lipinski definition) is 9. The normalized spacial score (nSPS) is 29.9. The summed E-state index contributed by atoms with van der Waals surface area (Å²) in [5.74, 6) is -4.18. The average molecular weight is 473 g/mol. The van der Waals surface area contributed by atoms with Gasteiger partial charge in [-0.05, 0) is 24.3 Å². The van der Waals surface area contributed by atoms with Crippen molar-refractivity contribution in [1.29, 1.82) is 0 Å². The second-order valence-electron chi connectivity index (χ2n) is 7.59. The van der Waals surface area contributed by atoms with E-state index in [-0.39, 0.29) is 28.4 Å². The quantitative estimate of drug-likeness (QED) is 0.314. The lowest BCUT2D eigenvalue weighted by Gasteiger charge is -2.49. The molecule has 12 heteroatoms. The summed E-state index contributed by atoms with van der Waals surface area (Å²) in [5, 5.41) is 52.5. The minimum Gasteiger partial charge on any atom is -0.477 e. The highest BCUT2D eigenvalue weighted by Crippen LogP contribution is 2.45. The Morgan fingerprint density at radius 3 is 2.53 bits per heavy atom. The van der Waals surface area contributed by atoms with Crippen molar-refractivity contribution in [3.63, 3.8) is 0 Å². The van der Waals surface area contributed by atoms with Crippen LogP contribution in [0.1, 0.15) is 18.9 Å². The third-order valence-corrected chi connectivity index (χ3v) is 6.39. The first kappa shape index (κ1) is 24.4. The molecule has 0 radical (unpaired) electrons. The van der Waals surface area contributed by atoms with Crippen LogP contribution in [0.4, 0.5) is 4.39 Å². The second-order valence-corrected chi connectivity index (χ2v) is 8.58. The van der Waals surface area contributed by atoms with Crippen molar-refractivity contribution < 1.29 is 49.0 Å². The Balaban J connectivity index is 1.98. The lowest BCUT2D eigenvalue weighted by atomic mass is 9.89. The molecule has 2 aliphatic rings. The van der Waals surface area contributed by atoms with Crippen molar-refractivity contribution in [2.75, 3.05) is 12.4 Å². The maximum atomic E-state index is 13.4. The number of amides is 1. The van der Waals surface area contributed by atoms with Crippen molar-refractivity contribution in [2.45, 2.75) is 49.6 Å². The summed E-state index contributed by atoms with van der Waals surface area (Å²) in [6.07, 6.45) is -6.26. The van der Waals surface area contributed by atoms with Gasteiger partial charge in [0.25, 0.3) is 0 Å². The monoisotopic (exact) mass is 473 g/mol. The number of ether oxygens (including phenoxy) is 2. The summed E-state index contributed by atoms with van der Waals surface area (Å²) in [7, 11) is 0. The fourth-order valence-electron chi connectivity index (χ4n) is 3.67. The van der Waals surface area contributed by atoms with Gasteiger partial charge >= 0.3 is 5.97 Å². The molecule has 2 heterocycles. The number of carboxylic acids is 1. The van der Waals surface area contributed by atoms with Crippen molar-refractivity contribution in [1.82, 2.24) is 5.32 Å². The third kappa shape index (κ3) is 5.05. The first-order valence-corrected chi connectivity index (χ1v) is 10.7. The first-order chi connectivity index (χ1) is 15.1. The number of aliphatic hydroxyl groups excluding tert-OH is 4. The molecular weight excluding hydrogens is 449 g/mol. The van der Waals surface area contributed by atoms with Crippen LogP contribution in [-0.2, 0) is 19.1 Å². The van der Waals surface area contributed by atoms with E-state index >= 15 is 0 Å². The van der Waals surface area contributed by atoms with Gasteiger partial charge in [0.15, 0.2) is 5.76 Å². The van der Waals surface area contributed by atoms with Gasteiger partial charge in [-0.2, -0.15) is 0 Å². The molecule has 0 bridgehead atoms. The second kappa shape index (κ2) is 9.73.